The Morgan fingerprint density at radius 3 is 3.07 bits per heavy atom. The van der Waals surface area contributed by atoms with Crippen LogP contribution < -0.4 is 0 Å². The number of halogens is 1. The summed E-state index contributed by atoms with van der Waals surface area (Å²) in [5.74, 6) is -0.553. The maximum atomic E-state index is 10.5. The molecule has 0 saturated carbocycles. The van der Waals surface area contributed by atoms with Gasteiger partial charge in [0.1, 0.15) is 12.2 Å². The van der Waals surface area contributed by atoms with Crippen molar-refractivity contribution in [2.75, 3.05) is 0 Å². The monoisotopic (exact) mass is 256 g/mol. The van der Waals surface area contributed by atoms with Gasteiger partial charge in [-0.05, 0) is 15.9 Å². The lowest BCUT2D eigenvalue weighted by molar-refractivity contribution is -0.136. The molecule has 0 radical (unpaired) electrons. The summed E-state index contributed by atoms with van der Waals surface area (Å²) < 4.78 is 2.13. The molecule has 72 valence electrons. The number of rotatable bonds is 2. The van der Waals surface area contributed by atoms with E-state index in [2.05, 4.69) is 31.1 Å². The summed E-state index contributed by atoms with van der Waals surface area (Å²) in [6.07, 6.45) is 3.02. The minimum Gasteiger partial charge on any atom is -0.481 e. The van der Waals surface area contributed by atoms with E-state index in [1.54, 1.807) is 16.8 Å². The van der Waals surface area contributed by atoms with Crippen LogP contribution in [0, 0.1) is 0 Å². The van der Waals surface area contributed by atoms with Gasteiger partial charge in [0.05, 0.1) is 0 Å². The van der Waals surface area contributed by atoms with Crippen molar-refractivity contribution in [2.24, 2.45) is 0 Å². The highest BCUT2D eigenvalue weighted by Gasteiger charge is 2.10. The standard InChI is InChI=1S/C7H5BrN4O2/c8-6-7-11-10-4(3-5(13)14)12(7)2-1-9-6/h1-2H,3H2,(H,13,14). The van der Waals surface area contributed by atoms with Gasteiger partial charge < -0.3 is 5.11 Å². The average molecular weight is 257 g/mol. The zero-order chi connectivity index (χ0) is 10.1. The third kappa shape index (κ3) is 1.46. The number of aliphatic carboxylic acids is 1. The second-order valence-corrected chi connectivity index (χ2v) is 3.35. The van der Waals surface area contributed by atoms with E-state index in [1.165, 1.54) is 0 Å². The molecule has 0 saturated heterocycles. The molecule has 2 aromatic rings. The fourth-order valence-corrected chi connectivity index (χ4v) is 1.49. The molecule has 0 unspecified atom stereocenters. The Labute approximate surface area is 86.7 Å². The van der Waals surface area contributed by atoms with Gasteiger partial charge in [-0.2, -0.15) is 0 Å². The van der Waals surface area contributed by atoms with Crippen LogP contribution in [0.2, 0.25) is 0 Å². The Morgan fingerprint density at radius 2 is 2.36 bits per heavy atom. The van der Waals surface area contributed by atoms with E-state index in [0.717, 1.165) is 0 Å². The first-order chi connectivity index (χ1) is 6.68. The summed E-state index contributed by atoms with van der Waals surface area (Å²) in [4.78, 5) is 14.4. The SMILES string of the molecule is O=C(O)Cc1nnc2c(Br)nccn12. The lowest BCUT2D eigenvalue weighted by atomic mass is 10.4. The highest BCUT2D eigenvalue weighted by atomic mass is 79.9. The minimum absolute atomic E-state index is 0.155. The topological polar surface area (TPSA) is 80.4 Å². The van der Waals surface area contributed by atoms with Crippen LogP contribution in [0.3, 0.4) is 0 Å². The predicted octanol–water partition coefficient (Wildman–Crippen LogP) is 0.514. The Morgan fingerprint density at radius 1 is 1.57 bits per heavy atom. The molecule has 1 N–H and O–H groups in total. The molecule has 2 rings (SSSR count). The Kier molecular flexibility index (Phi) is 2.16. The van der Waals surface area contributed by atoms with Crippen molar-refractivity contribution in [3.05, 3.63) is 22.8 Å². The van der Waals surface area contributed by atoms with Crippen molar-refractivity contribution in [3.8, 4) is 0 Å². The van der Waals surface area contributed by atoms with E-state index < -0.39 is 5.97 Å². The predicted molar refractivity (Wildman–Crippen MR) is 49.8 cm³/mol. The van der Waals surface area contributed by atoms with Gasteiger partial charge in [-0.15, -0.1) is 10.2 Å². The quantitative estimate of drug-likeness (QED) is 0.847. The molecule has 0 aliphatic rings. The first-order valence-electron chi connectivity index (χ1n) is 3.74. The fraction of sp³-hybridized carbons (Fsp3) is 0.143. The number of hydrogen-bond donors (Lipinski definition) is 1. The fourth-order valence-electron chi connectivity index (χ4n) is 1.10. The molecule has 0 aromatic carbocycles. The van der Waals surface area contributed by atoms with Crippen LogP contribution in [0.4, 0.5) is 0 Å². The van der Waals surface area contributed by atoms with Crippen molar-refractivity contribution in [2.45, 2.75) is 6.42 Å². The van der Waals surface area contributed by atoms with Crippen molar-refractivity contribution in [1.82, 2.24) is 19.6 Å². The molecule has 14 heavy (non-hydrogen) atoms. The summed E-state index contributed by atoms with van der Waals surface area (Å²) in [6, 6.07) is 0. The number of hydrogen-bond acceptors (Lipinski definition) is 4. The van der Waals surface area contributed by atoms with Crippen LogP contribution in [0.25, 0.3) is 5.65 Å². The van der Waals surface area contributed by atoms with E-state index in [1.807, 2.05) is 0 Å². The van der Waals surface area contributed by atoms with Crippen LogP contribution in [-0.2, 0) is 11.2 Å². The van der Waals surface area contributed by atoms with Crippen molar-refractivity contribution >= 4 is 27.5 Å². The van der Waals surface area contributed by atoms with Crippen LogP contribution in [0.15, 0.2) is 17.0 Å². The molecule has 0 amide bonds. The number of nitrogens with zero attached hydrogens (tertiary/aromatic N) is 4. The van der Waals surface area contributed by atoms with Crippen molar-refractivity contribution in [1.29, 1.82) is 0 Å². The van der Waals surface area contributed by atoms with Gasteiger partial charge in [-0.1, -0.05) is 0 Å². The smallest absolute Gasteiger partial charge is 0.311 e. The lowest BCUT2D eigenvalue weighted by Gasteiger charge is -1.96. The maximum Gasteiger partial charge on any atom is 0.311 e. The van der Waals surface area contributed by atoms with Crippen LogP contribution in [-0.4, -0.2) is 30.7 Å². The second-order valence-electron chi connectivity index (χ2n) is 2.60. The van der Waals surface area contributed by atoms with Crippen LogP contribution >= 0.6 is 15.9 Å². The van der Waals surface area contributed by atoms with Gasteiger partial charge in [-0.25, -0.2) is 4.98 Å². The molecular weight excluding hydrogens is 252 g/mol. The van der Waals surface area contributed by atoms with E-state index in [9.17, 15) is 4.79 Å². The average Bonchev–Trinajstić information content (AvgIpc) is 2.49. The highest BCUT2D eigenvalue weighted by Crippen LogP contribution is 2.13. The third-order valence-corrected chi connectivity index (χ3v) is 2.22. The maximum absolute atomic E-state index is 10.5. The third-order valence-electron chi connectivity index (χ3n) is 1.66. The molecule has 7 heteroatoms. The van der Waals surface area contributed by atoms with Crippen molar-refractivity contribution < 1.29 is 9.90 Å². The first kappa shape index (κ1) is 9.07. The van der Waals surface area contributed by atoms with E-state index >= 15 is 0 Å². The Balaban J connectivity index is 2.58. The van der Waals surface area contributed by atoms with Crippen LogP contribution in [0.5, 0.6) is 0 Å². The van der Waals surface area contributed by atoms with E-state index in [4.69, 9.17) is 5.11 Å². The number of fused-ring (bicyclic) bond motifs is 1. The van der Waals surface area contributed by atoms with E-state index in [0.29, 0.717) is 16.1 Å². The van der Waals surface area contributed by atoms with Gasteiger partial charge in [-0.3, -0.25) is 9.20 Å². The molecule has 0 aliphatic carbocycles. The number of carbonyl (C=O) groups is 1. The molecule has 0 fully saturated rings. The Hall–Kier alpha value is -1.50. The largest absolute Gasteiger partial charge is 0.481 e. The van der Waals surface area contributed by atoms with Gasteiger partial charge in [0.25, 0.3) is 0 Å². The Bertz CT molecular complexity index is 495. The van der Waals surface area contributed by atoms with Crippen molar-refractivity contribution in [3.63, 3.8) is 0 Å². The summed E-state index contributed by atoms with van der Waals surface area (Å²) in [6.45, 7) is 0. The summed E-state index contributed by atoms with van der Waals surface area (Å²) in [5.41, 5.74) is 0.517. The van der Waals surface area contributed by atoms with Gasteiger partial charge in [0.2, 0.25) is 0 Å². The summed E-state index contributed by atoms with van der Waals surface area (Å²) >= 11 is 3.19. The highest BCUT2D eigenvalue weighted by molar-refractivity contribution is 9.10. The summed E-state index contributed by atoms with van der Waals surface area (Å²) in [7, 11) is 0. The van der Waals surface area contributed by atoms with Crippen LogP contribution in [0.1, 0.15) is 5.82 Å². The molecule has 0 aliphatic heterocycles. The molecule has 6 nitrogen and oxygen atoms in total. The molecule has 2 heterocycles. The molecule has 0 bridgehead atoms. The number of carboxylic acids is 1. The zero-order valence-corrected chi connectivity index (χ0v) is 8.47. The molecular formula is C7H5BrN4O2. The summed E-state index contributed by atoms with van der Waals surface area (Å²) in [5, 5.41) is 16.2. The molecule has 0 spiro atoms. The normalized spacial score (nSPS) is 10.6. The van der Waals surface area contributed by atoms with Gasteiger partial charge in [0, 0.05) is 12.4 Å². The minimum atomic E-state index is -0.938. The van der Waals surface area contributed by atoms with Gasteiger partial charge >= 0.3 is 5.97 Å². The lowest BCUT2D eigenvalue weighted by Crippen LogP contribution is -2.04. The first-order valence-corrected chi connectivity index (χ1v) is 4.53. The molecule has 0 atom stereocenters. The molecule has 2 aromatic heterocycles. The second kappa shape index (κ2) is 3.33. The number of aromatic nitrogens is 4. The number of carboxylic acid groups (broad SMARTS) is 1. The van der Waals surface area contributed by atoms with Gasteiger partial charge in [0.15, 0.2) is 10.3 Å². The van der Waals surface area contributed by atoms with E-state index in [-0.39, 0.29) is 6.42 Å². The zero-order valence-electron chi connectivity index (χ0n) is 6.88.